The number of nitrogen functional groups attached to an aromatic ring is 1. The van der Waals surface area contributed by atoms with Gasteiger partial charge in [0, 0.05) is 0 Å². The van der Waals surface area contributed by atoms with Crippen LogP contribution in [0, 0.1) is 6.92 Å². The average Bonchev–Trinajstić information content (AvgIpc) is 3.73. The van der Waals surface area contributed by atoms with Gasteiger partial charge in [-0.1, -0.05) is 0 Å². The lowest BCUT2D eigenvalue weighted by atomic mass is 10.1. The molecule has 7 heterocycles. The minimum atomic E-state index is -5.04. The molecule has 0 spiro atoms. The van der Waals surface area contributed by atoms with E-state index < -0.39 is 77.7 Å². The van der Waals surface area contributed by atoms with E-state index in [2.05, 4.69) is 29.9 Å². The molecule has 0 saturated carbocycles. The number of ether oxygens (including phenoxy) is 2. The normalized spacial score (nSPS) is 38.3. The Morgan fingerprint density at radius 2 is 1.41 bits per heavy atom. The van der Waals surface area contributed by atoms with Gasteiger partial charge >= 0.3 is 7.82 Å². The second-order valence-corrected chi connectivity index (χ2v) is 13.8. The maximum atomic E-state index is 15.9. The van der Waals surface area contributed by atoms with E-state index in [0.717, 1.165) is 13.9 Å². The van der Waals surface area contributed by atoms with Crippen molar-refractivity contribution in [2.24, 2.45) is 0 Å². The first kappa shape index (κ1) is 29.7. The molecule has 4 aromatic rings. The number of halogens is 2. The van der Waals surface area contributed by atoms with Crippen molar-refractivity contribution < 1.29 is 50.4 Å². The van der Waals surface area contributed by atoms with Crippen molar-refractivity contribution in [2.45, 2.75) is 56.1 Å². The highest BCUT2D eigenvalue weighted by atomic mass is 31.2. The van der Waals surface area contributed by atoms with Crippen molar-refractivity contribution in [3.63, 3.8) is 0 Å². The smallest absolute Gasteiger partial charge is 0.382 e. The third-order valence-electron chi connectivity index (χ3n) is 7.45. The van der Waals surface area contributed by atoms with Gasteiger partial charge < -0.3 is 29.1 Å². The second-order valence-electron chi connectivity index (χ2n) is 10.4. The summed E-state index contributed by atoms with van der Waals surface area (Å²) in [5.41, 5.74) is 7.30. The molecule has 0 amide bonds. The Kier molecular flexibility index (Phi) is 7.30. The largest absolute Gasteiger partial charge is 0.472 e. The Labute approximate surface area is 246 Å². The van der Waals surface area contributed by atoms with Gasteiger partial charge in [-0.2, -0.15) is 0 Å². The van der Waals surface area contributed by atoms with E-state index in [1.807, 2.05) is 0 Å². The maximum Gasteiger partial charge on any atom is 0.472 e. The van der Waals surface area contributed by atoms with Gasteiger partial charge in [0.2, 0.25) is 0 Å². The van der Waals surface area contributed by atoms with Gasteiger partial charge in [-0.05, 0) is 6.92 Å². The number of phosphoric acid groups is 1. The number of nitrogens with zero attached hydrogens (tertiary/aromatic N) is 8. The first-order valence-electron chi connectivity index (χ1n) is 13.1. The summed E-state index contributed by atoms with van der Waals surface area (Å²) < 4.78 is 93.9. The molecule has 10 atom stereocenters. The standard InChI is InChI=1S/C21H24BF2N9O9P2/c1-8-13-18(28-4-26-8)32(6-30-13)21-12(24)16-9(39-21)2-37-43(22,34)41-15-10(3-38-44(35,36)42-16)40-20(11(15)23)33-7-31-14-17(25)27-5-29-19(14)33/h4-7,9-12,15-16,20-21H,2-3,22H2,1H3,(H,35,36)(H2,25,27,29)/t9-,10-,11-,12-,15-,16-,20-,21-,43?/m1/s1. The topological polar surface area (TPSA) is 223 Å². The van der Waals surface area contributed by atoms with Gasteiger partial charge in [0.15, 0.2) is 41.9 Å². The van der Waals surface area contributed by atoms with Crippen LogP contribution in [0.25, 0.3) is 22.3 Å². The summed E-state index contributed by atoms with van der Waals surface area (Å²) >= 11 is 0. The van der Waals surface area contributed by atoms with E-state index in [1.54, 1.807) is 6.92 Å². The lowest BCUT2D eigenvalue weighted by molar-refractivity contribution is -0.0607. The fourth-order valence-corrected chi connectivity index (χ4v) is 7.51. The van der Waals surface area contributed by atoms with Crippen molar-refractivity contribution in [2.75, 3.05) is 18.9 Å². The van der Waals surface area contributed by atoms with E-state index in [4.69, 9.17) is 33.3 Å². The summed E-state index contributed by atoms with van der Waals surface area (Å²) in [6, 6.07) is 0. The SMILES string of the molecule is BP1(=O)OC[C@H]2O[C@@H](n3cnc4c(C)ncnc43)[C@H](F)[C@@H]2OP(=O)(O)OC[C@H]2O[C@@H](n3cnc4c(N)ncnc43)[C@H](F)[C@@H]2O1. The van der Waals surface area contributed by atoms with Crippen molar-refractivity contribution in [3.05, 3.63) is 31.0 Å². The number of aryl methyl sites for hydroxylation is 1. The molecule has 18 nitrogen and oxygen atoms in total. The molecule has 23 heteroatoms. The monoisotopic (exact) mass is 657 g/mol. The summed E-state index contributed by atoms with van der Waals surface area (Å²) in [6.07, 6.45) is -8.20. The molecule has 234 valence electrons. The van der Waals surface area contributed by atoms with Gasteiger partial charge in [-0.15, -0.1) is 0 Å². The first-order chi connectivity index (χ1) is 20.9. The van der Waals surface area contributed by atoms with Crippen molar-refractivity contribution in [3.8, 4) is 0 Å². The summed E-state index contributed by atoms with van der Waals surface area (Å²) in [6.45, 7) is 0.286. The van der Waals surface area contributed by atoms with Crippen LogP contribution >= 0.6 is 15.3 Å². The predicted molar refractivity (Wildman–Crippen MR) is 145 cm³/mol. The van der Waals surface area contributed by atoms with Crippen LogP contribution in [0.5, 0.6) is 0 Å². The minimum absolute atomic E-state index is 0.0452. The molecule has 7 rings (SSSR count). The Bertz CT molecular complexity index is 1710. The van der Waals surface area contributed by atoms with Gasteiger partial charge in [0.05, 0.1) is 31.6 Å². The Morgan fingerprint density at radius 3 is 2.07 bits per heavy atom. The highest BCUT2D eigenvalue weighted by Gasteiger charge is 2.54. The van der Waals surface area contributed by atoms with Gasteiger partial charge in [0.25, 0.3) is 15.0 Å². The zero-order chi connectivity index (χ0) is 31.0. The molecular formula is C21H24BF2N9O9P2. The molecular weight excluding hydrogens is 633 g/mol. The number of nitrogens with two attached hydrogens (primary N) is 1. The number of imidazole rings is 2. The average molecular weight is 657 g/mol. The maximum absolute atomic E-state index is 15.9. The van der Waals surface area contributed by atoms with Crippen molar-refractivity contribution in [1.82, 2.24) is 39.0 Å². The lowest BCUT2D eigenvalue weighted by Crippen LogP contribution is -2.37. The van der Waals surface area contributed by atoms with Gasteiger partial charge in [-0.25, -0.2) is 43.2 Å². The van der Waals surface area contributed by atoms with Crippen LogP contribution in [0.15, 0.2) is 25.3 Å². The molecule has 3 aliphatic heterocycles. The van der Waals surface area contributed by atoms with Crippen LogP contribution in [-0.4, -0.2) is 101 Å². The summed E-state index contributed by atoms with van der Waals surface area (Å²) in [5.74, 6) is 0.0452. The molecule has 3 aliphatic rings. The van der Waals surface area contributed by atoms with Crippen LogP contribution in [-0.2, 0) is 36.7 Å². The number of phosphoric ester groups is 1. The highest BCUT2D eigenvalue weighted by Crippen LogP contribution is 2.54. The fraction of sp³-hybridized carbons (Fsp3) is 0.524. The third kappa shape index (κ3) is 5.11. The number of anilines is 1. The number of aromatic nitrogens is 8. The Hall–Kier alpha value is -3.00. The van der Waals surface area contributed by atoms with Crippen LogP contribution < -0.4 is 5.73 Å². The quantitative estimate of drug-likeness (QED) is 0.223. The zero-order valence-electron chi connectivity index (χ0n) is 22.9. The van der Waals surface area contributed by atoms with Crippen LogP contribution in [0.3, 0.4) is 0 Å². The summed E-state index contributed by atoms with van der Waals surface area (Å²) in [4.78, 5) is 35.0. The number of hydrogen-bond acceptors (Lipinski definition) is 15. The molecule has 2 unspecified atom stereocenters. The van der Waals surface area contributed by atoms with Gasteiger partial charge in [0.1, 0.15) is 48.1 Å². The molecule has 0 aromatic carbocycles. The van der Waals surface area contributed by atoms with E-state index in [-0.39, 0.29) is 22.6 Å². The second kappa shape index (κ2) is 10.8. The van der Waals surface area contributed by atoms with Crippen LogP contribution in [0.4, 0.5) is 14.6 Å². The summed E-state index contributed by atoms with van der Waals surface area (Å²) in [5, 5.41) is 0. The van der Waals surface area contributed by atoms with E-state index in [9.17, 15) is 14.0 Å². The van der Waals surface area contributed by atoms with Crippen molar-refractivity contribution >= 4 is 51.0 Å². The van der Waals surface area contributed by atoms with E-state index >= 15 is 8.78 Å². The first-order valence-corrected chi connectivity index (χ1v) is 16.6. The van der Waals surface area contributed by atoms with Crippen LogP contribution in [0.1, 0.15) is 18.1 Å². The van der Waals surface area contributed by atoms with Crippen LogP contribution in [0.2, 0.25) is 0 Å². The van der Waals surface area contributed by atoms with Crippen molar-refractivity contribution in [1.29, 1.82) is 0 Å². The molecule has 0 bridgehead atoms. The molecule has 3 N–H and O–H groups in total. The number of alkyl halides is 2. The number of hydrogen-bond donors (Lipinski definition) is 2. The van der Waals surface area contributed by atoms with E-state index in [0.29, 0.717) is 11.2 Å². The Balaban J connectivity index is 1.17. The van der Waals surface area contributed by atoms with Gasteiger partial charge in [-0.3, -0.25) is 22.7 Å². The third-order valence-corrected chi connectivity index (χ3v) is 9.68. The lowest BCUT2D eigenvalue weighted by Gasteiger charge is -2.28. The number of rotatable bonds is 2. The number of fused-ring (bicyclic) bond motifs is 4. The predicted octanol–water partition coefficient (Wildman–Crippen LogP) is 0.687. The molecule has 3 fully saturated rings. The molecule has 3 saturated heterocycles. The highest BCUT2D eigenvalue weighted by molar-refractivity contribution is 7.79. The molecule has 0 aliphatic carbocycles. The molecule has 4 aromatic heterocycles. The summed E-state index contributed by atoms with van der Waals surface area (Å²) in [7, 11) is -8.06. The molecule has 0 radical (unpaired) electrons. The van der Waals surface area contributed by atoms with E-state index in [1.165, 1.54) is 28.1 Å². The zero-order valence-corrected chi connectivity index (χ0v) is 24.6. The fourth-order valence-electron chi connectivity index (χ4n) is 5.38. The minimum Gasteiger partial charge on any atom is -0.382 e. The Morgan fingerprint density at radius 1 is 0.864 bits per heavy atom. The molecule has 44 heavy (non-hydrogen) atoms.